The van der Waals surface area contributed by atoms with Crippen molar-refractivity contribution in [3.8, 4) is 5.69 Å². The highest BCUT2D eigenvalue weighted by atomic mass is 32.2. The molecular formula is C22H21N3O2S2. The Kier molecular flexibility index (Phi) is 5.78. The van der Waals surface area contributed by atoms with Crippen LogP contribution in [0.4, 0.5) is 5.69 Å². The minimum absolute atomic E-state index is 0.0545. The number of nitrogens with one attached hydrogen (secondary N) is 1. The number of rotatable bonds is 5. The molecule has 0 saturated carbocycles. The first-order valence-electron chi connectivity index (χ1n) is 9.37. The molecule has 0 aliphatic carbocycles. The van der Waals surface area contributed by atoms with Crippen LogP contribution >= 0.6 is 23.5 Å². The first-order chi connectivity index (χ1) is 14.0. The van der Waals surface area contributed by atoms with Crippen molar-refractivity contribution in [2.24, 2.45) is 0 Å². The number of aromatic nitrogens is 2. The third kappa shape index (κ3) is 4.11. The van der Waals surface area contributed by atoms with Crippen LogP contribution in [-0.4, -0.2) is 27.0 Å². The van der Waals surface area contributed by atoms with E-state index in [0.29, 0.717) is 5.16 Å². The van der Waals surface area contributed by atoms with Crippen LogP contribution in [0.15, 0.2) is 63.4 Å². The van der Waals surface area contributed by atoms with Gasteiger partial charge in [0.15, 0.2) is 5.16 Å². The summed E-state index contributed by atoms with van der Waals surface area (Å²) in [5.74, 6) is 0.930. The highest BCUT2D eigenvalue weighted by Crippen LogP contribution is 2.30. The molecule has 2 heterocycles. The molecule has 0 radical (unpaired) electrons. The van der Waals surface area contributed by atoms with E-state index < -0.39 is 0 Å². The summed E-state index contributed by atoms with van der Waals surface area (Å²) in [4.78, 5) is 31.1. The average Bonchev–Trinajstić information content (AvgIpc) is 3.20. The molecule has 0 fully saturated rings. The molecule has 5 nitrogen and oxygen atoms in total. The molecule has 0 spiro atoms. The zero-order valence-electron chi connectivity index (χ0n) is 16.3. The van der Waals surface area contributed by atoms with Gasteiger partial charge in [-0.15, -0.1) is 11.8 Å². The highest BCUT2D eigenvalue weighted by molar-refractivity contribution is 8.00. The maximum Gasteiger partial charge on any atom is 0.272 e. The van der Waals surface area contributed by atoms with E-state index in [2.05, 4.69) is 5.32 Å². The molecule has 1 aromatic heterocycles. The van der Waals surface area contributed by atoms with E-state index in [1.165, 1.54) is 11.8 Å². The Morgan fingerprint density at radius 2 is 1.97 bits per heavy atom. The number of anilines is 1. The van der Waals surface area contributed by atoms with Gasteiger partial charge in [0, 0.05) is 17.9 Å². The van der Waals surface area contributed by atoms with Gasteiger partial charge in [-0.1, -0.05) is 42.1 Å². The summed E-state index contributed by atoms with van der Waals surface area (Å²) in [6, 6.07) is 15.3. The van der Waals surface area contributed by atoms with Crippen molar-refractivity contribution in [1.29, 1.82) is 0 Å². The molecule has 2 aromatic carbocycles. The van der Waals surface area contributed by atoms with E-state index in [0.717, 1.165) is 45.3 Å². The second-order valence-corrected chi connectivity index (χ2v) is 8.88. The lowest BCUT2D eigenvalue weighted by molar-refractivity contribution is -0.113. The molecule has 3 aromatic rings. The van der Waals surface area contributed by atoms with Gasteiger partial charge in [-0.05, 0) is 43.2 Å². The lowest BCUT2D eigenvalue weighted by Crippen LogP contribution is -2.24. The van der Waals surface area contributed by atoms with Crippen LogP contribution < -0.4 is 10.9 Å². The molecule has 1 aliphatic rings. The van der Waals surface area contributed by atoms with Gasteiger partial charge >= 0.3 is 0 Å². The maximum atomic E-state index is 13.1. The summed E-state index contributed by atoms with van der Waals surface area (Å²) in [5.41, 5.74) is 4.55. The van der Waals surface area contributed by atoms with Gasteiger partial charge < -0.3 is 5.32 Å². The van der Waals surface area contributed by atoms with Crippen LogP contribution in [0.5, 0.6) is 0 Å². The Morgan fingerprint density at radius 3 is 2.76 bits per heavy atom. The fourth-order valence-electron chi connectivity index (χ4n) is 3.20. The molecule has 1 amide bonds. The highest BCUT2D eigenvalue weighted by Gasteiger charge is 2.23. The number of fused-ring (bicyclic) bond motifs is 1. The standard InChI is InChI=1S/C22H21N3O2S2/c1-14-7-6-10-17(15(14)2)23-19(26)13-29-22-24-18-11-12-28-20(18)21(27)25(22)16-8-4-3-5-9-16/h3-10H,11-13H2,1-2H3,(H,23,26). The molecule has 4 rings (SSSR count). The van der Waals surface area contributed by atoms with Crippen molar-refractivity contribution >= 4 is 35.1 Å². The number of hydrogen-bond acceptors (Lipinski definition) is 5. The van der Waals surface area contributed by atoms with Crippen LogP contribution in [0.25, 0.3) is 5.69 Å². The van der Waals surface area contributed by atoms with E-state index in [1.807, 2.05) is 62.4 Å². The SMILES string of the molecule is Cc1cccc(NC(=O)CSc2nc3c(c(=O)n2-c2ccccc2)SCC3)c1C. The Hall–Kier alpha value is -2.51. The monoisotopic (exact) mass is 423 g/mol. The van der Waals surface area contributed by atoms with Crippen LogP contribution in [0.1, 0.15) is 16.8 Å². The second-order valence-electron chi connectivity index (χ2n) is 6.83. The number of carbonyl (C=O) groups is 1. The number of thioether (sulfide) groups is 2. The number of carbonyl (C=O) groups excluding carboxylic acids is 1. The summed E-state index contributed by atoms with van der Waals surface area (Å²) < 4.78 is 1.62. The maximum absolute atomic E-state index is 13.1. The number of hydrogen-bond donors (Lipinski definition) is 1. The molecule has 0 atom stereocenters. The molecule has 0 bridgehead atoms. The molecule has 1 N–H and O–H groups in total. The van der Waals surface area contributed by atoms with Crippen molar-refractivity contribution in [2.45, 2.75) is 30.3 Å². The largest absolute Gasteiger partial charge is 0.325 e. The van der Waals surface area contributed by atoms with Crippen LogP contribution in [0.3, 0.4) is 0 Å². The third-order valence-corrected chi connectivity index (χ3v) is 6.94. The number of aryl methyl sites for hydroxylation is 2. The lowest BCUT2D eigenvalue weighted by Gasteiger charge is -2.14. The van der Waals surface area contributed by atoms with Crippen LogP contribution in [-0.2, 0) is 11.2 Å². The number of nitrogens with zero attached hydrogens (tertiary/aromatic N) is 2. The van der Waals surface area contributed by atoms with Gasteiger partial charge in [0.2, 0.25) is 5.91 Å². The molecule has 0 saturated heterocycles. The quantitative estimate of drug-likeness (QED) is 0.492. The van der Waals surface area contributed by atoms with Crippen molar-refractivity contribution in [2.75, 3.05) is 16.8 Å². The topological polar surface area (TPSA) is 64.0 Å². The summed E-state index contributed by atoms with van der Waals surface area (Å²) in [7, 11) is 0. The molecule has 0 unspecified atom stereocenters. The van der Waals surface area contributed by atoms with E-state index in [1.54, 1.807) is 16.3 Å². The van der Waals surface area contributed by atoms with Crippen molar-refractivity contribution in [3.05, 3.63) is 75.7 Å². The smallest absolute Gasteiger partial charge is 0.272 e. The fourth-order valence-corrected chi connectivity index (χ4v) is 5.05. The Morgan fingerprint density at radius 1 is 1.17 bits per heavy atom. The van der Waals surface area contributed by atoms with Gasteiger partial charge in [0.1, 0.15) is 0 Å². The van der Waals surface area contributed by atoms with Gasteiger partial charge in [0.25, 0.3) is 5.56 Å². The first-order valence-corrected chi connectivity index (χ1v) is 11.3. The van der Waals surface area contributed by atoms with Crippen molar-refractivity contribution in [3.63, 3.8) is 0 Å². The van der Waals surface area contributed by atoms with Gasteiger partial charge in [-0.2, -0.15) is 0 Å². The van der Waals surface area contributed by atoms with Crippen molar-refractivity contribution < 1.29 is 4.79 Å². The summed E-state index contributed by atoms with van der Waals surface area (Å²) in [6.07, 6.45) is 0.785. The fraction of sp³-hybridized carbons (Fsp3) is 0.227. The number of para-hydroxylation sites is 1. The van der Waals surface area contributed by atoms with E-state index in [-0.39, 0.29) is 17.2 Å². The minimum atomic E-state index is -0.118. The van der Waals surface area contributed by atoms with Crippen molar-refractivity contribution in [1.82, 2.24) is 9.55 Å². The summed E-state index contributed by atoms with van der Waals surface area (Å²) >= 11 is 2.85. The molecule has 29 heavy (non-hydrogen) atoms. The number of benzene rings is 2. The van der Waals surface area contributed by atoms with E-state index >= 15 is 0 Å². The molecule has 7 heteroatoms. The second kappa shape index (κ2) is 8.47. The lowest BCUT2D eigenvalue weighted by atomic mass is 10.1. The minimum Gasteiger partial charge on any atom is -0.325 e. The predicted molar refractivity (Wildman–Crippen MR) is 120 cm³/mol. The van der Waals surface area contributed by atoms with Gasteiger partial charge in [-0.3, -0.25) is 14.2 Å². The molecule has 1 aliphatic heterocycles. The average molecular weight is 424 g/mol. The van der Waals surface area contributed by atoms with Gasteiger partial charge in [-0.25, -0.2) is 4.98 Å². The van der Waals surface area contributed by atoms with Crippen LogP contribution in [0.2, 0.25) is 0 Å². The first kappa shape index (κ1) is 19.8. The Bertz CT molecular complexity index is 1130. The normalized spacial score (nSPS) is 12.6. The summed E-state index contributed by atoms with van der Waals surface area (Å²) in [5, 5.41) is 3.52. The zero-order chi connectivity index (χ0) is 20.4. The van der Waals surface area contributed by atoms with E-state index in [9.17, 15) is 9.59 Å². The third-order valence-electron chi connectivity index (χ3n) is 4.89. The number of amides is 1. The summed E-state index contributed by atoms with van der Waals surface area (Å²) in [6.45, 7) is 4.01. The predicted octanol–water partition coefficient (Wildman–Crippen LogP) is 4.23. The Balaban J connectivity index is 1.60. The Labute approximate surface area is 177 Å². The van der Waals surface area contributed by atoms with Gasteiger partial charge in [0.05, 0.1) is 22.0 Å². The zero-order valence-corrected chi connectivity index (χ0v) is 17.9. The van der Waals surface area contributed by atoms with E-state index in [4.69, 9.17) is 4.98 Å². The molecular weight excluding hydrogens is 402 g/mol. The van der Waals surface area contributed by atoms with Crippen LogP contribution in [0, 0.1) is 13.8 Å². The molecule has 148 valence electrons.